The maximum absolute atomic E-state index is 12.5. The molecule has 0 saturated carbocycles. The smallest absolute Gasteiger partial charge is 0.245 e. The summed E-state index contributed by atoms with van der Waals surface area (Å²) in [4.78, 5) is 3.92. The molecule has 19 heavy (non-hydrogen) atoms. The fourth-order valence-corrected chi connectivity index (χ4v) is 4.00. The quantitative estimate of drug-likeness (QED) is 0.742. The molecule has 1 aromatic rings. The standard InChI is InChI=1S/C11H15N3O3S2/c12-11(18)10-9(2-1-4-13-10)19(16,17)14-5-3-8(6-14)7-15/h1-2,4,8,15H,3,5-7H2,(H2,12,18). The molecule has 6 nitrogen and oxygen atoms in total. The first kappa shape index (κ1) is 14.3. The third-order valence-electron chi connectivity index (χ3n) is 3.13. The third-order valence-corrected chi connectivity index (χ3v) is 5.22. The van der Waals surface area contributed by atoms with Crippen LogP contribution in [0.25, 0.3) is 0 Å². The molecule has 1 aromatic heterocycles. The lowest BCUT2D eigenvalue weighted by Crippen LogP contribution is -2.31. The first-order valence-electron chi connectivity index (χ1n) is 5.82. The summed E-state index contributed by atoms with van der Waals surface area (Å²) in [5, 5.41) is 9.09. The van der Waals surface area contributed by atoms with Crippen LogP contribution in [0.2, 0.25) is 0 Å². The van der Waals surface area contributed by atoms with Crippen LogP contribution >= 0.6 is 12.2 Å². The Balaban J connectivity index is 2.38. The molecule has 0 radical (unpaired) electrons. The molecule has 0 spiro atoms. The first-order chi connectivity index (χ1) is 8.96. The van der Waals surface area contributed by atoms with Crippen molar-refractivity contribution in [3.63, 3.8) is 0 Å². The number of thiocarbonyl (C=S) groups is 1. The molecule has 0 aliphatic carbocycles. The van der Waals surface area contributed by atoms with Crippen molar-refractivity contribution in [3.8, 4) is 0 Å². The zero-order valence-electron chi connectivity index (χ0n) is 10.2. The minimum absolute atomic E-state index is 0.0127. The fourth-order valence-electron chi connectivity index (χ4n) is 2.09. The molecule has 2 rings (SSSR count). The maximum Gasteiger partial charge on any atom is 0.245 e. The Morgan fingerprint density at radius 2 is 2.37 bits per heavy atom. The lowest BCUT2D eigenvalue weighted by atomic mass is 10.1. The average molecular weight is 301 g/mol. The second kappa shape index (κ2) is 5.49. The van der Waals surface area contributed by atoms with Gasteiger partial charge in [0.25, 0.3) is 0 Å². The van der Waals surface area contributed by atoms with Crippen molar-refractivity contribution < 1.29 is 13.5 Å². The Bertz CT molecular complexity index is 589. The molecule has 2 heterocycles. The summed E-state index contributed by atoms with van der Waals surface area (Å²) in [5.74, 6) is -0.0141. The zero-order chi connectivity index (χ0) is 14.0. The third kappa shape index (κ3) is 2.76. The normalized spacial score (nSPS) is 20.6. The van der Waals surface area contributed by atoms with E-state index in [2.05, 4.69) is 4.98 Å². The van der Waals surface area contributed by atoms with Crippen LogP contribution in [0.3, 0.4) is 0 Å². The fraction of sp³-hybridized carbons (Fsp3) is 0.455. The van der Waals surface area contributed by atoms with Crippen molar-refractivity contribution in [2.24, 2.45) is 11.7 Å². The van der Waals surface area contributed by atoms with E-state index in [1.54, 1.807) is 0 Å². The van der Waals surface area contributed by atoms with Crippen LogP contribution < -0.4 is 5.73 Å². The van der Waals surface area contributed by atoms with E-state index in [1.165, 1.54) is 22.6 Å². The van der Waals surface area contributed by atoms with Crippen LogP contribution in [0.4, 0.5) is 0 Å². The molecular formula is C11H15N3O3S2. The van der Waals surface area contributed by atoms with E-state index in [1.807, 2.05) is 0 Å². The molecule has 0 aromatic carbocycles. The summed E-state index contributed by atoms with van der Waals surface area (Å²) in [6, 6.07) is 2.98. The van der Waals surface area contributed by atoms with Gasteiger partial charge in [-0.1, -0.05) is 12.2 Å². The van der Waals surface area contributed by atoms with E-state index >= 15 is 0 Å². The van der Waals surface area contributed by atoms with Crippen LogP contribution in [0.5, 0.6) is 0 Å². The van der Waals surface area contributed by atoms with Gasteiger partial charge in [-0.25, -0.2) is 8.42 Å². The number of rotatable bonds is 4. The summed E-state index contributed by atoms with van der Waals surface area (Å²) < 4.78 is 26.4. The zero-order valence-corrected chi connectivity index (χ0v) is 11.8. The number of hydrogen-bond acceptors (Lipinski definition) is 5. The van der Waals surface area contributed by atoms with E-state index in [4.69, 9.17) is 23.1 Å². The van der Waals surface area contributed by atoms with Gasteiger partial charge in [0.2, 0.25) is 10.0 Å². The Kier molecular flexibility index (Phi) is 4.14. The van der Waals surface area contributed by atoms with Gasteiger partial charge in [-0.2, -0.15) is 4.31 Å². The molecule has 0 amide bonds. The largest absolute Gasteiger partial charge is 0.396 e. The van der Waals surface area contributed by atoms with Crippen molar-refractivity contribution >= 4 is 27.2 Å². The average Bonchev–Trinajstić information content (AvgIpc) is 2.88. The predicted molar refractivity (Wildman–Crippen MR) is 74.1 cm³/mol. The summed E-state index contributed by atoms with van der Waals surface area (Å²) in [6.07, 6.45) is 2.10. The van der Waals surface area contributed by atoms with Gasteiger partial charge in [-0.3, -0.25) is 4.98 Å². The van der Waals surface area contributed by atoms with Crippen LogP contribution in [0, 0.1) is 5.92 Å². The highest BCUT2D eigenvalue weighted by atomic mass is 32.2. The monoisotopic (exact) mass is 301 g/mol. The topological polar surface area (TPSA) is 96.5 Å². The van der Waals surface area contributed by atoms with Gasteiger partial charge in [-0.15, -0.1) is 0 Å². The number of hydrogen-bond donors (Lipinski definition) is 2. The molecule has 104 valence electrons. The highest BCUT2D eigenvalue weighted by molar-refractivity contribution is 7.89. The molecule has 3 N–H and O–H groups in total. The number of pyridine rings is 1. The lowest BCUT2D eigenvalue weighted by molar-refractivity contribution is 0.233. The number of aromatic nitrogens is 1. The van der Waals surface area contributed by atoms with E-state index < -0.39 is 10.0 Å². The van der Waals surface area contributed by atoms with Crippen molar-refractivity contribution in [2.75, 3.05) is 19.7 Å². The van der Waals surface area contributed by atoms with Gasteiger partial charge < -0.3 is 10.8 Å². The van der Waals surface area contributed by atoms with Crippen molar-refractivity contribution in [2.45, 2.75) is 11.3 Å². The van der Waals surface area contributed by atoms with Crippen LogP contribution in [0.15, 0.2) is 23.2 Å². The Hall–Kier alpha value is -1.09. The molecule has 0 bridgehead atoms. The Morgan fingerprint density at radius 3 is 2.95 bits per heavy atom. The molecule has 1 unspecified atom stereocenters. The summed E-state index contributed by atoms with van der Waals surface area (Å²) >= 11 is 4.83. The SMILES string of the molecule is NC(=S)c1ncccc1S(=O)(=O)N1CCC(CO)C1. The summed E-state index contributed by atoms with van der Waals surface area (Å²) in [5.41, 5.74) is 5.63. The van der Waals surface area contributed by atoms with Crippen molar-refractivity contribution in [1.29, 1.82) is 0 Å². The van der Waals surface area contributed by atoms with Crippen LogP contribution in [-0.2, 0) is 10.0 Å². The lowest BCUT2D eigenvalue weighted by Gasteiger charge is -2.17. The van der Waals surface area contributed by atoms with Gasteiger partial charge in [0.1, 0.15) is 15.6 Å². The predicted octanol–water partition coefficient (Wildman–Crippen LogP) is -0.281. The highest BCUT2D eigenvalue weighted by Crippen LogP contribution is 2.25. The second-order valence-electron chi connectivity index (χ2n) is 4.41. The maximum atomic E-state index is 12.5. The van der Waals surface area contributed by atoms with Gasteiger partial charge in [0.05, 0.1) is 0 Å². The Morgan fingerprint density at radius 1 is 1.63 bits per heavy atom. The molecule has 1 saturated heterocycles. The van der Waals surface area contributed by atoms with E-state index in [-0.39, 0.29) is 28.1 Å². The molecule has 1 fully saturated rings. The van der Waals surface area contributed by atoms with E-state index in [0.717, 1.165) is 0 Å². The van der Waals surface area contributed by atoms with Gasteiger partial charge in [0, 0.05) is 25.9 Å². The Labute approximate surface area is 117 Å². The van der Waals surface area contributed by atoms with Gasteiger partial charge in [0.15, 0.2) is 0 Å². The highest BCUT2D eigenvalue weighted by Gasteiger charge is 2.34. The summed E-state index contributed by atoms with van der Waals surface area (Å²) in [6.45, 7) is 0.685. The molecular weight excluding hydrogens is 286 g/mol. The number of aliphatic hydroxyl groups is 1. The number of aliphatic hydroxyl groups excluding tert-OH is 1. The number of nitrogens with two attached hydrogens (primary N) is 1. The van der Waals surface area contributed by atoms with Crippen molar-refractivity contribution in [1.82, 2.24) is 9.29 Å². The van der Waals surface area contributed by atoms with E-state index in [0.29, 0.717) is 19.5 Å². The second-order valence-corrected chi connectivity index (χ2v) is 6.76. The van der Waals surface area contributed by atoms with Gasteiger partial charge >= 0.3 is 0 Å². The van der Waals surface area contributed by atoms with Gasteiger partial charge in [-0.05, 0) is 24.5 Å². The molecule has 1 aliphatic heterocycles. The summed E-state index contributed by atoms with van der Waals surface area (Å²) in [7, 11) is -3.67. The molecule has 1 atom stereocenters. The first-order valence-corrected chi connectivity index (χ1v) is 7.67. The molecule has 1 aliphatic rings. The number of nitrogens with zero attached hydrogens (tertiary/aromatic N) is 2. The van der Waals surface area contributed by atoms with Crippen molar-refractivity contribution in [3.05, 3.63) is 24.0 Å². The van der Waals surface area contributed by atoms with E-state index in [9.17, 15) is 8.42 Å². The van der Waals surface area contributed by atoms with Crippen LogP contribution in [-0.4, -0.2) is 47.5 Å². The molecule has 8 heteroatoms. The minimum atomic E-state index is -3.67. The minimum Gasteiger partial charge on any atom is -0.396 e. The number of sulfonamides is 1. The van der Waals surface area contributed by atoms with Crippen LogP contribution in [0.1, 0.15) is 12.1 Å².